The number of hydrogen-bond donors (Lipinski definition) is 0. The van der Waals surface area contributed by atoms with Gasteiger partial charge in [0, 0.05) is 15.1 Å². The third kappa shape index (κ3) is 2.10. The smallest absolute Gasteiger partial charge is 0.0404 e. The Bertz CT molecular complexity index is 100. The van der Waals surface area contributed by atoms with Gasteiger partial charge in [-0.1, -0.05) is 0 Å². The first kappa shape index (κ1) is 8.28. The third-order valence-corrected chi connectivity index (χ3v) is 3.22. The minimum absolute atomic E-state index is 0.408. The molecule has 0 unspecified atom stereocenters. The highest BCUT2D eigenvalue weighted by Crippen LogP contribution is 2.16. The first-order valence-electron chi connectivity index (χ1n) is 4.06. The fraction of sp³-hybridized carbons (Fsp3) is 1.00. The molecule has 1 nitrogen and oxygen atoms in total. The monoisotopic (exact) mass is 155 g/mol. The van der Waals surface area contributed by atoms with E-state index >= 15 is 0 Å². The van der Waals surface area contributed by atoms with Gasteiger partial charge in [-0.3, -0.25) is 4.90 Å². The van der Waals surface area contributed by atoms with Crippen LogP contribution < -0.4 is 0 Å². The lowest BCUT2D eigenvalue weighted by atomic mass is 10.1. The Balaban J connectivity index is 2.39. The molecule has 1 heterocycles. The minimum atomic E-state index is 0.408. The molecule has 1 fully saturated rings. The van der Waals surface area contributed by atoms with E-state index in [0.29, 0.717) is 5.54 Å². The summed E-state index contributed by atoms with van der Waals surface area (Å²) in [5.41, 5.74) is 0.408. The summed E-state index contributed by atoms with van der Waals surface area (Å²) in [5, 5.41) is 0. The van der Waals surface area contributed by atoms with Crippen molar-refractivity contribution in [2.45, 2.75) is 38.4 Å². The van der Waals surface area contributed by atoms with E-state index in [4.69, 9.17) is 0 Å². The number of nitrogens with zero attached hydrogens (tertiary/aromatic N) is 1. The maximum absolute atomic E-state index is 2.59. The summed E-state index contributed by atoms with van der Waals surface area (Å²) in [6.45, 7) is 9.56. The molecule has 0 aromatic heterocycles. The normalized spacial score (nSPS) is 23.1. The van der Waals surface area contributed by atoms with Crippen LogP contribution >= 0.6 is 0 Å². The second-order valence-corrected chi connectivity index (χ2v) is 5.41. The van der Waals surface area contributed by atoms with Gasteiger partial charge in [0.15, 0.2) is 0 Å². The first-order valence-corrected chi connectivity index (χ1v) is 5.48. The van der Waals surface area contributed by atoms with Gasteiger partial charge in [0.05, 0.1) is 0 Å². The number of hydrogen-bond acceptors (Lipinski definition) is 1. The Morgan fingerprint density at radius 3 is 1.90 bits per heavy atom. The average molecular weight is 155 g/mol. The molecule has 0 amide bonds. The molecule has 0 bridgehead atoms. The molecule has 10 heavy (non-hydrogen) atoms. The van der Waals surface area contributed by atoms with E-state index in [2.05, 4.69) is 25.7 Å². The summed E-state index contributed by atoms with van der Waals surface area (Å²) < 4.78 is 0. The third-order valence-electron chi connectivity index (χ3n) is 2.07. The Morgan fingerprint density at radius 2 is 1.60 bits per heavy atom. The first-order chi connectivity index (χ1) is 4.61. The van der Waals surface area contributed by atoms with E-state index in [-0.39, 0.29) is 0 Å². The molecule has 0 saturated carbocycles. The van der Waals surface area contributed by atoms with Crippen LogP contribution in [0.5, 0.6) is 0 Å². The van der Waals surface area contributed by atoms with E-state index < -0.39 is 0 Å². The van der Waals surface area contributed by atoms with E-state index in [0.717, 1.165) is 0 Å². The van der Waals surface area contributed by atoms with Crippen molar-refractivity contribution < 1.29 is 0 Å². The molecule has 0 atom stereocenters. The predicted molar refractivity (Wildman–Crippen MR) is 46.7 cm³/mol. The lowest BCUT2D eigenvalue weighted by Gasteiger charge is -2.38. The largest absolute Gasteiger partial charge is 0.299 e. The topological polar surface area (TPSA) is 3.24 Å². The SMILES string of the molecule is CC(C)(C)N1CC[Si]CC1. The van der Waals surface area contributed by atoms with Crippen molar-refractivity contribution >= 4 is 9.52 Å². The van der Waals surface area contributed by atoms with Crippen molar-refractivity contribution in [3.63, 3.8) is 0 Å². The number of rotatable bonds is 0. The molecule has 0 aliphatic carbocycles. The highest BCUT2D eigenvalue weighted by Gasteiger charge is 2.22. The maximum Gasteiger partial charge on any atom is 0.0404 e. The van der Waals surface area contributed by atoms with Crippen LogP contribution in [-0.4, -0.2) is 33.0 Å². The van der Waals surface area contributed by atoms with Crippen molar-refractivity contribution in [1.29, 1.82) is 0 Å². The maximum atomic E-state index is 2.59. The van der Waals surface area contributed by atoms with E-state index in [1.807, 2.05) is 0 Å². The van der Waals surface area contributed by atoms with Crippen LogP contribution in [-0.2, 0) is 0 Å². The zero-order valence-electron chi connectivity index (χ0n) is 7.28. The highest BCUT2D eigenvalue weighted by atomic mass is 28.2. The molecule has 1 saturated heterocycles. The van der Waals surface area contributed by atoms with Crippen molar-refractivity contribution in [3.8, 4) is 0 Å². The zero-order chi connectivity index (χ0) is 7.61. The quantitative estimate of drug-likeness (QED) is 0.481. The molecule has 0 aromatic rings. The van der Waals surface area contributed by atoms with E-state index in [1.165, 1.54) is 34.7 Å². The van der Waals surface area contributed by atoms with Gasteiger partial charge in [0.25, 0.3) is 0 Å². The molecule has 58 valence electrons. The summed E-state index contributed by atoms with van der Waals surface area (Å²) in [4.78, 5) is 2.59. The van der Waals surface area contributed by atoms with Gasteiger partial charge in [0.1, 0.15) is 0 Å². The second kappa shape index (κ2) is 3.05. The summed E-state index contributed by atoms with van der Waals surface area (Å²) in [6, 6.07) is 2.86. The molecule has 1 aliphatic rings. The Kier molecular flexibility index (Phi) is 2.53. The van der Waals surface area contributed by atoms with Crippen LogP contribution in [0.4, 0.5) is 0 Å². The lowest BCUT2D eigenvalue weighted by Crippen LogP contribution is -2.45. The molecule has 2 radical (unpaired) electrons. The molecular formula is C8H17NSi. The average Bonchev–Trinajstić information content (AvgIpc) is 1.88. The Morgan fingerprint density at radius 1 is 1.10 bits per heavy atom. The van der Waals surface area contributed by atoms with Crippen molar-refractivity contribution in [2.75, 3.05) is 13.1 Å². The van der Waals surface area contributed by atoms with Crippen LogP contribution in [0.15, 0.2) is 0 Å². The molecule has 1 rings (SSSR count). The summed E-state index contributed by atoms with van der Waals surface area (Å²) in [5.74, 6) is 0. The van der Waals surface area contributed by atoms with Crippen molar-refractivity contribution in [3.05, 3.63) is 0 Å². The standard InChI is InChI=1S/C8H17NSi/c1-8(2,3)9-4-6-10-7-5-9/h4-7H2,1-3H3. The van der Waals surface area contributed by atoms with Gasteiger partial charge in [-0.2, -0.15) is 0 Å². The Labute approximate surface area is 66.6 Å². The van der Waals surface area contributed by atoms with Gasteiger partial charge < -0.3 is 0 Å². The van der Waals surface area contributed by atoms with Crippen LogP contribution in [0, 0.1) is 0 Å². The van der Waals surface area contributed by atoms with Gasteiger partial charge >= 0.3 is 0 Å². The predicted octanol–water partition coefficient (Wildman–Crippen LogP) is 1.64. The van der Waals surface area contributed by atoms with Crippen molar-refractivity contribution in [2.24, 2.45) is 0 Å². The molecule has 0 N–H and O–H groups in total. The van der Waals surface area contributed by atoms with Crippen LogP contribution in [0.3, 0.4) is 0 Å². The van der Waals surface area contributed by atoms with Gasteiger partial charge in [0.2, 0.25) is 0 Å². The summed E-state index contributed by atoms with van der Waals surface area (Å²) >= 11 is 0. The summed E-state index contributed by atoms with van der Waals surface area (Å²) in [7, 11) is 1.23. The second-order valence-electron chi connectivity index (χ2n) is 3.91. The fourth-order valence-electron chi connectivity index (χ4n) is 1.34. The summed E-state index contributed by atoms with van der Waals surface area (Å²) in [6.07, 6.45) is 0. The molecule has 2 heteroatoms. The van der Waals surface area contributed by atoms with E-state index in [1.54, 1.807) is 0 Å². The Hall–Kier alpha value is 0.177. The van der Waals surface area contributed by atoms with Gasteiger partial charge in [-0.05, 0) is 45.9 Å². The van der Waals surface area contributed by atoms with E-state index in [9.17, 15) is 0 Å². The minimum Gasteiger partial charge on any atom is -0.299 e. The molecular weight excluding hydrogens is 138 g/mol. The molecule has 0 aromatic carbocycles. The highest BCUT2D eigenvalue weighted by molar-refractivity contribution is 6.35. The van der Waals surface area contributed by atoms with Crippen LogP contribution in [0.1, 0.15) is 20.8 Å². The van der Waals surface area contributed by atoms with Gasteiger partial charge in [-0.25, -0.2) is 0 Å². The van der Waals surface area contributed by atoms with Crippen LogP contribution in [0.25, 0.3) is 0 Å². The fourth-order valence-corrected chi connectivity index (χ4v) is 2.44. The van der Waals surface area contributed by atoms with Crippen LogP contribution in [0.2, 0.25) is 12.1 Å². The molecule has 1 aliphatic heterocycles. The van der Waals surface area contributed by atoms with Crippen molar-refractivity contribution in [1.82, 2.24) is 4.90 Å². The zero-order valence-corrected chi connectivity index (χ0v) is 8.28. The van der Waals surface area contributed by atoms with Gasteiger partial charge in [-0.15, -0.1) is 0 Å². The molecule has 0 spiro atoms. The lowest BCUT2D eigenvalue weighted by molar-refractivity contribution is 0.148.